The van der Waals surface area contributed by atoms with Gasteiger partial charge >= 0.3 is 0 Å². The monoisotopic (exact) mass is 563 g/mol. The maximum absolute atomic E-state index is 13.5. The maximum atomic E-state index is 13.5. The normalized spacial score (nSPS) is 15.2. The molecule has 1 aliphatic heterocycles. The van der Waals surface area contributed by atoms with Gasteiger partial charge in [0.05, 0.1) is 24.4 Å². The summed E-state index contributed by atoms with van der Waals surface area (Å²) in [5.41, 5.74) is 4.53. The number of hydrogen-bond acceptors (Lipinski definition) is 6. The second-order valence-electron chi connectivity index (χ2n) is 10.4. The number of aromatic nitrogens is 3. The molecular formula is C32H33N7O3. The highest BCUT2D eigenvalue weighted by molar-refractivity contribution is 5.89. The van der Waals surface area contributed by atoms with Crippen LogP contribution >= 0.6 is 0 Å². The van der Waals surface area contributed by atoms with Gasteiger partial charge in [-0.25, -0.2) is 4.98 Å². The number of nitriles is 1. The van der Waals surface area contributed by atoms with Gasteiger partial charge in [-0.15, -0.1) is 0 Å². The number of pyridine rings is 1. The fourth-order valence-electron chi connectivity index (χ4n) is 5.20. The Morgan fingerprint density at radius 2 is 1.71 bits per heavy atom. The van der Waals surface area contributed by atoms with Crippen molar-refractivity contribution in [3.05, 3.63) is 125 Å². The average Bonchev–Trinajstić information content (AvgIpc) is 3.45. The molecule has 4 aromatic rings. The number of amides is 2. The number of hydrogen-bond donors (Lipinski definition) is 1. The molecule has 5 rings (SSSR count). The van der Waals surface area contributed by atoms with Crippen LogP contribution in [0.3, 0.4) is 0 Å². The van der Waals surface area contributed by atoms with E-state index in [0.29, 0.717) is 56.0 Å². The minimum absolute atomic E-state index is 0.123. The van der Waals surface area contributed by atoms with E-state index in [1.165, 1.54) is 12.4 Å². The lowest BCUT2D eigenvalue weighted by atomic mass is 10.1. The largest absolute Gasteiger partial charge is 0.619 e. The van der Waals surface area contributed by atoms with E-state index in [-0.39, 0.29) is 18.2 Å². The Kier molecular flexibility index (Phi) is 9.21. The number of carbonyl (C=O) groups excluding carboxylic acids is 2. The summed E-state index contributed by atoms with van der Waals surface area (Å²) < 4.78 is 2.71. The predicted octanol–water partition coefficient (Wildman–Crippen LogP) is 2.05. The van der Waals surface area contributed by atoms with Crippen LogP contribution in [0.2, 0.25) is 0 Å². The number of nitrogens with zero attached hydrogens (tertiary/aromatic N) is 6. The van der Waals surface area contributed by atoms with E-state index in [0.717, 1.165) is 22.4 Å². The Labute approximate surface area is 245 Å². The molecule has 1 aliphatic rings. The fraction of sp³-hybridized carbons (Fsp3) is 0.281. The molecule has 0 aliphatic carbocycles. The number of nitrogens with one attached hydrogen (secondary N) is 1. The van der Waals surface area contributed by atoms with Gasteiger partial charge in [-0.2, -0.15) is 9.99 Å². The van der Waals surface area contributed by atoms with E-state index in [2.05, 4.69) is 33.4 Å². The molecule has 42 heavy (non-hydrogen) atoms. The summed E-state index contributed by atoms with van der Waals surface area (Å²) in [7, 11) is 0. The van der Waals surface area contributed by atoms with Crippen molar-refractivity contribution in [2.24, 2.45) is 0 Å². The van der Waals surface area contributed by atoms with Crippen molar-refractivity contribution in [3.8, 4) is 6.07 Å². The highest BCUT2D eigenvalue weighted by atomic mass is 16.5. The van der Waals surface area contributed by atoms with Crippen molar-refractivity contribution >= 4 is 11.8 Å². The van der Waals surface area contributed by atoms with Crippen LogP contribution in [0.1, 0.15) is 27.9 Å². The molecular weight excluding hydrogens is 530 g/mol. The van der Waals surface area contributed by atoms with Crippen LogP contribution in [-0.4, -0.2) is 63.4 Å². The lowest BCUT2D eigenvalue weighted by molar-refractivity contribution is -0.605. The number of rotatable bonds is 10. The number of carbonyl (C=O) groups is 2. The van der Waals surface area contributed by atoms with Crippen LogP contribution in [0.15, 0.2) is 91.6 Å². The molecule has 0 spiro atoms. The number of piperazine rings is 1. The molecule has 214 valence electrons. The van der Waals surface area contributed by atoms with Crippen molar-refractivity contribution in [2.45, 2.75) is 32.0 Å². The van der Waals surface area contributed by atoms with E-state index in [1.807, 2.05) is 34.9 Å². The first-order chi connectivity index (χ1) is 20.5. The summed E-state index contributed by atoms with van der Waals surface area (Å²) in [4.78, 5) is 35.1. The summed E-state index contributed by atoms with van der Waals surface area (Å²) in [6.07, 6.45) is 7.00. The molecule has 0 unspecified atom stereocenters. The Bertz CT molecular complexity index is 1530. The first kappa shape index (κ1) is 28.5. The molecule has 10 nitrogen and oxygen atoms in total. The molecule has 1 saturated heterocycles. The summed E-state index contributed by atoms with van der Waals surface area (Å²) in [5.74, 6) is -0.330. The third kappa shape index (κ3) is 7.38. The van der Waals surface area contributed by atoms with Gasteiger partial charge in [-0.3, -0.25) is 14.5 Å². The zero-order chi connectivity index (χ0) is 29.3. The fourth-order valence-corrected chi connectivity index (χ4v) is 5.20. The molecule has 2 aromatic heterocycles. The van der Waals surface area contributed by atoms with E-state index >= 15 is 0 Å². The number of imidazole rings is 1. The molecule has 1 fully saturated rings. The molecule has 0 bridgehead atoms. The van der Waals surface area contributed by atoms with Crippen molar-refractivity contribution in [3.63, 3.8) is 0 Å². The van der Waals surface area contributed by atoms with Crippen LogP contribution in [0, 0.1) is 16.5 Å². The van der Waals surface area contributed by atoms with E-state index < -0.39 is 6.04 Å². The first-order valence-electron chi connectivity index (χ1n) is 14.0. The van der Waals surface area contributed by atoms with Crippen LogP contribution in [0.4, 0.5) is 0 Å². The Balaban J connectivity index is 1.23. The number of benzene rings is 2. The topological polar surface area (TPSA) is 121 Å². The molecule has 2 amide bonds. The molecule has 1 atom stereocenters. The summed E-state index contributed by atoms with van der Waals surface area (Å²) in [6, 6.07) is 22.3. The minimum Gasteiger partial charge on any atom is -0.619 e. The van der Waals surface area contributed by atoms with Gasteiger partial charge in [0.2, 0.25) is 11.8 Å². The van der Waals surface area contributed by atoms with Gasteiger partial charge in [0.15, 0.2) is 12.4 Å². The SMILES string of the molecule is N#Cc1ccc(Cn2cncc2CCNC(=O)[C@H]2CN(Cc3ccccc3)CCN2C(=O)Cc2cc[n+]([O-])cc2)cc1. The van der Waals surface area contributed by atoms with Crippen LogP contribution in [0.5, 0.6) is 0 Å². The Hall–Kier alpha value is -5.01. The standard InChI is InChI=1S/C32H33N7O3/c33-19-26-6-8-28(9-7-26)22-37-24-34-20-29(37)10-13-35-32(41)30-23-36(21-27-4-2-1-3-5-27)16-17-39(30)31(40)18-25-11-14-38(42)15-12-25/h1-9,11-12,14-15,20,24,30H,10,13,16-18,21-23H2,(H,35,41)/t30-/m1/s1. The van der Waals surface area contributed by atoms with E-state index in [1.54, 1.807) is 41.7 Å². The molecule has 0 radical (unpaired) electrons. The third-order valence-electron chi connectivity index (χ3n) is 7.48. The van der Waals surface area contributed by atoms with Gasteiger partial charge in [0.1, 0.15) is 6.04 Å². The molecule has 0 saturated carbocycles. The van der Waals surface area contributed by atoms with E-state index in [4.69, 9.17) is 5.26 Å². The van der Waals surface area contributed by atoms with Gasteiger partial charge < -0.3 is 20.0 Å². The van der Waals surface area contributed by atoms with Crippen LogP contribution in [0.25, 0.3) is 0 Å². The highest BCUT2D eigenvalue weighted by Crippen LogP contribution is 2.16. The Morgan fingerprint density at radius 3 is 2.45 bits per heavy atom. The van der Waals surface area contributed by atoms with Gasteiger partial charge in [-0.05, 0) is 28.8 Å². The quantitative estimate of drug-likeness (QED) is 0.233. The molecule has 10 heteroatoms. The highest BCUT2D eigenvalue weighted by Gasteiger charge is 2.35. The predicted molar refractivity (Wildman–Crippen MR) is 156 cm³/mol. The molecule has 1 N–H and O–H groups in total. The van der Waals surface area contributed by atoms with Gasteiger partial charge in [0, 0.05) is 69.7 Å². The van der Waals surface area contributed by atoms with Gasteiger partial charge in [-0.1, -0.05) is 42.5 Å². The Morgan fingerprint density at radius 1 is 0.976 bits per heavy atom. The smallest absolute Gasteiger partial charge is 0.244 e. The summed E-state index contributed by atoms with van der Waals surface area (Å²) in [6.45, 7) is 3.24. The van der Waals surface area contributed by atoms with Crippen molar-refractivity contribution in [1.82, 2.24) is 24.7 Å². The summed E-state index contributed by atoms with van der Waals surface area (Å²) in [5, 5.41) is 23.5. The van der Waals surface area contributed by atoms with Crippen LogP contribution in [-0.2, 0) is 35.5 Å². The lowest BCUT2D eigenvalue weighted by Gasteiger charge is -2.40. The second-order valence-corrected chi connectivity index (χ2v) is 10.4. The van der Waals surface area contributed by atoms with Gasteiger partial charge in [0.25, 0.3) is 0 Å². The minimum atomic E-state index is -0.633. The van der Waals surface area contributed by atoms with E-state index in [9.17, 15) is 14.8 Å². The first-order valence-corrected chi connectivity index (χ1v) is 14.0. The zero-order valence-electron chi connectivity index (χ0n) is 23.3. The lowest BCUT2D eigenvalue weighted by Crippen LogP contribution is -2.60. The van der Waals surface area contributed by atoms with Crippen LogP contribution < -0.4 is 10.0 Å². The molecule has 2 aromatic carbocycles. The van der Waals surface area contributed by atoms with Crippen molar-refractivity contribution < 1.29 is 14.3 Å². The maximum Gasteiger partial charge on any atom is 0.244 e. The zero-order valence-corrected chi connectivity index (χ0v) is 23.3. The summed E-state index contributed by atoms with van der Waals surface area (Å²) >= 11 is 0. The third-order valence-corrected chi connectivity index (χ3v) is 7.48. The average molecular weight is 564 g/mol. The van der Waals surface area contributed by atoms with Crippen molar-refractivity contribution in [2.75, 3.05) is 26.2 Å². The second kappa shape index (κ2) is 13.6. The van der Waals surface area contributed by atoms with Crippen molar-refractivity contribution in [1.29, 1.82) is 5.26 Å². The molecule has 3 heterocycles.